The number of aliphatic imine (C=N–C) groups is 1. The fraction of sp³-hybridized carbons (Fsp3) is 0.545. The first kappa shape index (κ1) is 72.3. The van der Waals surface area contributed by atoms with Crippen LogP contribution in [0, 0.1) is 17.8 Å². The van der Waals surface area contributed by atoms with E-state index in [1.54, 1.807) is 88.4 Å². The molecule has 470 valence electrons. The molecule has 2 rings (SSSR count). The molecule has 0 aromatic heterocycles. The maximum Gasteiger partial charge on any atom is 0.326 e. The number of aliphatic carboxylic acids is 2. The number of nitrogens with two attached hydrogens (primary N) is 4. The lowest BCUT2D eigenvalue weighted by Crippen LogP contribution is -2.62. The molecule has 30 nitrogen and oxygen atoms in total. The maximum absolute atomic E-state index is 14.2. The van der Waals surface area contributed by atoms with Crippen LogP contribution in [-0.2, 0) is 70.4 Å². The predicted molar refractivity (Wildman–Crippen MR) is 307 cm³/mol. The summed E-state index contributed by atoms with van der Waals surface area (Å²) in [4.78, 5) is 164. The number of carbonyl (C=O) groups excluding carboxylic acids is 10. The molecule has 85 heavy (non-hydrogen) atoms. The predicted octanol–water partition coefficient (Wildman–Crippen LogP) is -4.62. The van der Waals surface area contributed by atoms with Crippen molar-refractivity contribution in [2.75, 3.05) is 19.8 Å². The van der Waals surface area contributed by atoms with Crippen molar-refractivity contribution < 1.29 is 78.0 Å². The fourth-order valence-corrected chi connectivity index (χ4v) is 8.29. The van der Waals surface area contributed by atoms with E-state index in [0.717, 1.165) is 0 Å². The number of guanidine groups is 1. The molecule has 10 atom stereocenters. The van der Waals surface area contributed by atoms with Crippen LogP contribution >= 0.6 is 0 Å². The lowest BCUT2D eigenvalue weighted by molar-refractivity contribution is -0.143. The van der Waals surface area contributed by atoms with Crippen molar-refractivity contribution in [3.05, 3.63) is 71.8 Å². The minimum Gasteiger partial charge on any atom is -0.481 e. The Morgan fingerprint density at radius 2 is 0.847 bits per heavy atom. The highest BCUT2D eigenvalue weighted by Gasteiger charge is 2.37. The third-order valence-electron chi connectivity index (χ3n) is 12.9. The second kappa shape index (κ2) is 36.7. The highest BCUT2D eigenvalue weighted by Crippen LogP contribution is 2.12. The van der Waals surface area contributed by atoms with Crippen molar-refractivity contribution in [2.24, 2.45) is 45.7 Å². The lowest BCUT2D eigenvalue weighted by atomic mass is 9.98. The number of rotatable bonds is 38. The van der Waals surface area contributed by atoms with Gasteiger partial charge in [0.1, 0.15) is 54.4 Å². The second-order valence-electron chi connectivity index (χ2n) is 21.3. The van der Waals surface area contributed by atoms with Crippen LogP contribution in [0.3, 0.4) is 0 Å². The molecule has 0 fully saturated rings. The van der Waals surface area contributed by atoms with Crippen molar-refractivity contribution in [3.8, 4) is 0 Å². The Bertz CT molecular complexity index is 2620. The van der Waals surface area contributed by atoms with Crippen molar-refractivity contribution in [1.82, 2.24) is 47.9 Å². The molecule has 0 bridgehead atoms. The molecule has 21 N–H and O–H groups in total. The molecule has 0 heterocycles. The lowest BCUT2D eigenvalue weighted by Gasteiger charge is -2.29. The standard InChI is InChI=1S/C55H84N14O16/c1-28(2)22-33(56)45(75)68-44(30(5)6)53(83)69-43(29(3)4)52(82)65-38(25-42(73)74)49(79)64-37(24-32-16-11-8-12-17-32)48(78)66-39(26-70)50(80)61-34(19-20-41(57)72)46(76)63-36(23-31-14-9-7-10-15-31)47(77)67-40(27-71)51(81)62-35(54(84)85)18-13-21-60-55(58)59/h7-12,14-17,28-30,33-40,43-44,70-71H,13,18-27,56H2,1-6H3,(H2,57,72)(H,61,80)(H,62,81)(H,63,76)(H,64,79)(H,65,82)(H,66,78)(H,67,77)(H,68,75)(H,69,83)(H,73,74)(H,84,85)(H4,58,59,60)/t33-,34-,35-,36-,37-,38-,39-,40-,43-,44-/m0/s1. The van der Waals surface area contributed by atoms with E-state index < -0.39 is 176 Å². The van der Waals surface area contributed by atoms with Gasteiger partial charge in [-0.15, -0.1) is 0 Å². The number of nitrogens with zero attached hydrogens (tertiary/aromatic N) is 1. The number of aliphatic hydroxyl groups is 2. The van der Waals surface area contributed by atoms with Crippen LogP contribution in [0.2, 0.25) is 0 Å². The van der Waals surface area contributed by atoms with Crippen LogP contribution < -0.4 is 70.8 Å². The van der Waals surface area contributed by atoms with Crippen LogP contribution in [-0.4, -0.2) is 178 Å². The first-order chi connectivity index (χ1) is 40.0. The maximum atomic E-state index is 14.2. The quantitative estimate of drug-likeness (QED) is 0.0171. The molecule has 30 heteroatoms. The van der Waals surface area contributed by atoms with Crippen LogP contribution in [0.4, 0.5) is 0 Å². The van der Waals surface area contributed by atoms with Gasteiger partial charge in [-0.3, -0.25) is 57.7 Å². The van der Waals surface area contributed by atoms with Gasteiger partial charge in [0.05, 0.1) is 25.7 Å². The zero-order valence-corrected chi connectivity index (χ0v) is 48.5. The average molecular weight is 1200 g/mol. The molecule has 10 amide bonds. The Morgan fingerprint density at radius 3 is 1.25 bits per heavy atom. The number of carboxylic acids is 2. The number of benzene rings is 2. The fourth-order valence-electron chi connectivity index (χ4n) is 8.29. The van der Waals surface area contributed by atoms with Crippen molar-refractivity contribution in [3.63, 3.8) is 0 Å². The van der Waals surface area contributed by atoms with Crippen LogP contribution in [0.15, 0.2) is 65.7 Å². The van der Waals surface area contributed by atoms with Gasteiger partial charge in [0, 0.05) is 25.8 Å². The average Bonchev–Trinajstić information content (AvgIpc) is 3.65. The highest BCUT2D eigenvalue weighted by molar-refractivity contribution is 5.99. The summed E-state index contributed by atoms with van der Waals surface area (Å²) in [5.74, 6) is -14.6. The molecular weight excluding hydrogens is 1110 g/mol. The molecule has 0 saturated carbocycles. The molecule has 0 aliphatic rings. The van der Waals surface area contributed by atoms with Crippen LogP contribution in [0.5, 0.6) is 0 Å². The largest absolute Gasteiger partial charge is 0.481 e. The van der Waals surface area contributed by atoms with E-state index in [4.69, 9.17) is 22.9 Å². The number of hydrogen-bond donors (Lipinski definition) is 17. The van der Waals surface area contributed by atoms with E-state index in [1.165, 1.54) is 0 Å². The third kappa shape index (κ3) is 26.6. The van der Waals surface area contributed by atoms with Gasteiger partial charge in [0.2, 0.25) is 59.1 Å². The Morgan fingerprint density at radius 1 is 0.471 bits per heavy atom. The van der Waals surface area contributed by atoms with Gasteiger partial charge < -0.3 is 91.2 Å². The number of carboxylic acid groups (broad SMARTS) is 2. The monoisotopic (exact) mass is 1200 g/mol. The van der Waals surface area contributed by atoms with E-state index in [-0.39, 0.29) is 44.1 Å². The summed E-state index contributed by atoms with van der Waals surface area (Å²) in [5, 5.41) is 61.8. The third-order valence-corrected chi connectivity index (χ3v) is 12.9. The summed E-state index contributed by atoms with van der Waals surface area (Å²) in [6, 6.07) is 0.468. The number of carbonyl (C=O) groups is 12. The van der Waals surface area contributed by atoms with Gasteiger partial charge in [-0.05, 0) is 54.6 Å². The van der Waals surface area contributed by atoms with Gasteiger partial charge in [-0.25, -0.2) is 4.79 Å². The number of nitrogens with one attached hydrogen (secondary N) is 9. The first-order valence-corrected chi connectivity index (χ1v) is 27.5. The topological polar surface area (TPSA) is 510 Å². The Labute approximate surface area is 491 Å². The van der Waals surface area contributed by atoms with Gasteiger partial charge in [0.25, 0.3) is 0 Å². The van der Waals surface area contributed by atoms with Crippen molar-refractivity contribution in [2.45, 2.75) is 153 Å². The molecule has 2 aromatic rings. The Balaban J connectivity index is 2.44. The summed E-state index contributed by atoms with van der Waals surface area (Å²) in [6.45, 7) is 8.00. The number of primary amides is 1. The SMILES string of the molecule is CC(C)C[C@H](N)C(=O)N[C@H](C(=O)N[C@H](C(=O)N[C@@H](CC(=O)O)C(=O)N[C@@H](Cc1ccccc1)C(=O)N[C@@H](CO)C(=O)N[C@@H](CCC(N)=O)C(=O)N[C@@H](Cc1ccccc1)C(=O)N[C@@H](CO)C(=O)N[C@@H](CCCN=C(N)N)C(=O)O)C(C)C)C(C)C. The molecule has 0 aliphatic heterocycles. The zero-order valence-electron chi connectivity index (χ0n) is 48.5. The van der Waals surface area contributed by atoms with Crippen LogP contribution in [0.25, 0.3) is 0 Å². The summed E-state index contributed by atoms with van der Waals surface area (Å²) >= 11 is 0. The molecule has 0 radical (unpaired) electrons. The van der Waals surface area contributed by atoms with E-state index in [1.807, 2.05) is 13.8 Å². The van der Waals surface area contributed by atoms with Crippen molar-refractivity contribution in [1.29, 1.82) is 0 Å². The van der Waals surface area contributed by atoms with Crippen LogP contribution in [0.1, 0.15) is 91.2 Å². The summed E-state index contributed by atoms with van der Waals surface area (Å²) in [6.07, 6.45) is -2.41. The van der Waals surface area contributed by atoms with Gasteiger partial charge in [0.15, 0.2) is 5.96 Å². The summed E-state index contributed by atoms with van der Waals surface area (Å²) < 4.78 is 0. The minimum atomic E-state index is -1.92. The van der Waals surface area contributed by atoms with E-state index in [9.17, 15) is 78.0 Å². The molecule has 2 aromatic carbocycles. The number of aliphatic hydroxyl groups excluding tert-OH is 2. The normalized spacial score (nSPS) is 14.6. The molecule has 0 saturated heterocycles. The molecule has 0 aliphatic carbocycles. The first-order valence-electron chi connectivity index (χ1n) is 27.5. The summed E-state index contributed by atoms with van der Waals surface area (Å²) in [5.41, 5.74) is 22.9. The minimum absolute atomic E-state index is 0.0302. The van der Waals surface area contributed by atoms with E-state index >= 15 is 0 Å². The number of amides is 10. The Hall–Kier alpha value is -8.77. The van der Waals surface area contributed by atoms with Gasteiger partial charge in [-0.2, -0.15) is 0 Å². The van der Waals surface area contributed by atoms with E-state index in [0.29, 0.717) is 17.5 Å². The van der Waals surface area contributed by atoms with Gasteiger partial charge in [-0.1, -0.05) is 102 Å². The van der Waals surface area contributed by atoms with E-state index in [2.05, 4.69) is 52.8 Å². The van der Waals surface area contributed by atoms with Crippen molar-refractivity contribution >= 4 is 77.0 Å². The summed E-state index contributed by atoms with van der Waals surface area (Å²) in [7, 11) is 0. The van der Waals surface area contributed by atoms with Gasteiger partial charge >= 0.3 is 11.9 Å². The molecule has 0 unspecified atom stereocenters. The molecule has 0 spiro atoms. The highest BCUT2D eigenvalue weighted by atomic mass is 16.4. The zero-order chi connectivity index (χ0) is 64.1. The number of hydrogen-bond acceptors (Lipinski definition) is 16. The smallest absolute Gasteiger partial charge is 0.326 e. The second-order valence-corrected chi connectivity index (χ2v) is 21.3. The molecular formula is C55H84N14O16. The Kier molecular flexibility index (Phi) is 31.3.